The molecule has 0 aliphatic carbocycles. The first-order valence-electron chi connectivity index (χ1n) is 11.1. The van der Waals surface area contributed by atoms with Crippen molar-refractivity contribution in [3.63, 3.8) is 0 Å². The van der Waals surface area contributed by atoms with E-state index >= 15 is 0 Å². The fourth-order valence-electron chi connectivity index (χ4n) is 3.54. The van der Waals surface area contributed by atoms with E-state index in [1.165, 1.54) is 0 Å². The Morgan fingerprint density at radius 2 is 1.88 bits per heavy atom. The lowest BCUT2D eigenvalue weighted by Crippen LogP contribution is -2.38. The molecule has 0 bridgehead atoms. The fourth-order valence-corrected chi connectivity index (χ4v) is 3.71. The number of fused-ring (bicyclic) bond motifs is 1. The topological polar surface area (TPSA) is 85.2 Å². The Bertz CT molecular complexity index is 1160. The maximum Gasteiger partial charge on any atom is 0.407 e. The van der Waals surface area contributed by atoms with Gasteiger partial charge in [0.15, 0.2) is 0 Å². The minimum Gasteiger partial charge on any atom is -0.444 e. The second kappa shape index (κ2) is 10.8. The molecule has 8 heteroatoms. The van der Waals surface area contributed by atoms with Crippen molar-refractivity contribution in [1.82, 2.24) is 20.2 Å². The first kappa shape index (κ1) is 24.7. The summed E-state index contributed by atoms with van der Waals surface area (Å²) in [5.74, 6) is 0.637. The predicted octanol–water partition coefficient (Wildman–Crippen LogP) is 4.66. The van der Waals surface area contributed by atoms with E-state index in [-0.39, 0.29) is 11.6 Å². The van der Waals surface area contributed by atoms with Crippen molar-refractivity contribution in [3.05, 3.63) is 75.3 Å². The molecule has 7 nitrogen and oxygen atoms in total. The van der Waals surface area contributed by atoms with Gasteiger partial charge in [-0.2, -0.15) is 0 Å². The molecule has 0 aliphatic heterocycles. The van der Waals surface area contributed by atoms with E-state index in [1.54, 1.807) is 22.8 Å². The molecule has 0 spiro atoms. The highest BCUT2D eigenvalue weighted by Gasteiger charge is 2.20. The highest BCUT2D eigenvalue weighted by Crippen LogP contribution is 2.20. The van der Waals surface area contributed by atoms with Gasteiger partial charge in [-0.1, -0.05) is 48.9 Å². The molecule has 0 saturated heterocycles. The standard InChI is InChI=1S/C25H31ClN4O3/c1-5-20(27-13-14-28-24(32)33-25(2,3)4)22-29-21-15-18(26)11-12-19(21)23(31)30(22)16-17-9-7-6-8-10-17/h6-12,15,20,27H,5,13-14,16H2,1-4H3,(H,28,32). The highest BCUT2D eigenvalue weighted by molar-refractivity contribution is 6.31. The third-order valence-corrected chi connectivity index (χ3v) is 5.27. The molecular formula is C25H31ClN4O3. The van der Waals surface area contributed by atoms with Gasteiger partial charge in [0.25, 0.3) is 5.56 Å². The lowest BCUT2D eigenvalue weighted by Gasteiger charge is -2.23. The Morgan fingerprint density at radius 1 is 1.15 bits per heavy atom. The van der Waals surface area contributed by atoms with Gasteiger partial charge in [0.2, 0.25) is 0 Å². The Kier molecular flexibility index (Phi) is 8.10. The summed E-state index contributed by atoms with van der Waals surface area (Å²) in [5.41, 5.74) is 0.923. The largest absolute Gasteiger partial charge is 0.444 e. The summed E-state index contributed by atoms with van der Waals surface area (Å²) in [6.45, 7) is 8.78. The van der Waals surface area contributed by atoms with Gasteiger partial charge < -0.3 is 15.4 Å². The number of nitrogens with one attached hydrogen (secondary N) is 2. The molecular weight excluding hydrogens is 440 g/mol. The maximum atomic E-state index is 13.4. The van der Waals surface area contributed by atoms with E-state index < -0.39 is 11.7 Å². The van der Waals surface area contributed by atoms with Crippen LogP contribution in [0.2, 0.25) is 5.02 Å². The molecule has 2 N–H and O–H groups in total. The van der Waals surface area contributed by atoms with Gasteiger partial charge in [0.1, 0.15) is 11.4 Å². The molecule has 1 heterocycles. The quantitative estimate of drug-likeness (QED) is 0.467. The van der Waals surface area contributed by atoms with Crippen LogP contribution in [0, 0.1) is 0 Å². The van der Waals surface area contributed by atoms with Crippen LogP contribution >= 0.6 is 11.6 Å². The summed E-state index contributed by atoms with van der Waals surface area (Å²) in [6, 6.07) is 14.8. The van der Waals surface area contributed by atoms with Crippen LogP contribution in [0.3, 0.4) is 0 Å². The zero-order chi connectivity index (χ0) is 24.0. The van der Waals surface area contributed by atoms with Gasteiger partial charge in [-0.25, -0.2) is 9.78 Å². The van der Waals surface area contributed by atoms with Crippen molar-refractivity contribution in [2.75, 3.05) is 13.1 Å². The summed E-state index contributed by atoms with van der Waals surface area (Å²) in [6.07, 6.45) is 0.247. The third-order valence-electron chi connectivity index (χ3n) is 5.03. The summed E-state index contributed by atoms with van der Waals surface area (Å²) >= 11 is 6.17. The lowest BCUT2D eigenvalue weighted by atomic mass is 10.1. The van der Waals surface area contributed by atoms with Crippen molar-refractivity contribution in [2.45, 2.75) is 52.3 Å². The number of hydrogen-bond donors (Lipinski definition) is 2. The molecule has 0 aliphatic rings. The Morgan fingerprint density at radius 3 is 2.55 bits per heavy atom. The van der Waals surface area contributed by atoms with Crippen LogP contribution in [0.5, 0.6) is 0 Å². The first-order valence-corrected chi connectivity index (χ1v) is 11.5. The van der Waals surface area contributed by atoms with Gasteiger partial charge in [-0.3, -0.25) is 9.36 Å². The van der Waals surface area contributed by atoms with Crippen LogP contribution in [-0.2, 0) is 11.3 Å². The molecule has 3 aromatic rings. The molecule has 33 heavy (non-hydrogen) atoms. The molecule has 2 aromatic carbocycles. The average molecular weight is 471 g/mol. The van der Waals surface area contributed by atoms with Crippen LogP contribution in [0.15, 0.2) is 53.3 Å². The van der Waals surface area contributed by atoms with Crippen LogP contribution in [0.1, 0.15) is 51.5 Å². The third kappa shape index (κ3) is 6.79. The first-order chi connectivity index (χ1) is 15.7. The van der Waals surface area contributed by atoms with Crippen molar-refractivity contribution < 1.29 is 9.53 Å². The molecule has 1 unspecified atom stereocenters. The van der Waals surface area contributed by atoms with Crippen LogP contribution in [-0.4, -0.2) is 34.3 Å². The highest BCUT2D eigenvalue weighted by atomic mass is 35.5. The number of ether oxygens (including phenoxy) is 1. The van der Waals surface area contributed by atoms with Crippen molar-refractivity contribution in [2.24, 2.45) is 0 Å². The molecule has 0 fully saturated rings. The summed E-state index contributed by atoms with van der Waals surface area (Å²) < 4.78 is 6.98. The van der Waals surface area contributed by atoms with Crippen LogP contribution in [0.4, 0.5) is 4.79 Å². The van der Waals surface area contributed by atoms with Crippen molar-refractivity contribution in [3.8, 4) is 0 Å². The van der Waals surface area contributed by atoms with E-state index in [1.807, 2.05) is 58.0 Å². The molecule has 0 saturated carbocycles. The van der Waals surface area contributed by atoms with Crippen LogP contribution in [0.25, 0.3) is 10.9 Å². The van der Waals surface area contributed by atoms with E-state index in [0.29, 0.717) is 47.8 Å². The summed E-state index contributed by atoms with van der Waals surface area (Å²) in [7, 11) is 0. The summed E-state index contributed by atoms with van der Waals surface area (Å²) in [4.78, 5) is 30.1. The Balaban J connectivity index is 1.86. The number of benzene rings is 2. The number of aromatic nitrogens is 2. The molecule has 1 atom stereocenters. The summed E-state index contributed by atoms with van der Waals surface area (Å²) in [5, 5.41) is 7.21. The fraction of sp³-hybridized carbons (Fsp3) is 0.400. The normalized spacial score (nSPS) is 12.5. The monoisotopic (exact) mass is 470 g/mol. The minimum absolute atomic E-state index is 0.109. The van der Waals surface area contributed by atoms with E-state index in [2.05, 4.69) is 10.6 Å². The minimum atomic E-state index is -0.548. The van der Waals surface area contributed by atoms with E-state index in [9.17, 15) is 9.59 Å². The number of amides is 1. The number of halogens is 1. The number of nitrogens with zero attached hydrogens (tertiary/aromatic N) is 2. The SMILES string of the molecule is CCC(NCCNC(=O)OC(C)(C)C)c1nc2cc(Cl)ccc2c(=O)n1Cc1ccccc1. The zero-order valence-electron chi connectivity index (χ0n) is 19.5. The smallest absolute Gasteiger partial charge is 0.407 e. The number of carbonyl (C=O) groups excluding carboxylic acids is 1. The van der Waals surface area contributed by atoms with Gasteiger partial charge >= 0.3 is 6.09 Å². The number of hydrogen-bond acceptors (Lipinski definition) is 5. The average Bonchev–Trinajstić information content (AvgIpc) is 2.75. The predicted molar refractivity (Wildman–Crippen MR) is 132 cm³/mol. The molecule has 176 valence electrons. The zero-order valence-corrected chi connectivity index (χ0v) is 20.3. The molecule has 3 rings (SSSR count). The van der Waals surface area contributed by atoms with Crippen molar-refractivity contribution >= 4 is 28.6 Å². The Labute approximate surface area is 199 Å². The van der Waals surface area contributed by atoms with Gasteiger partial charge in [-0.05, 0) is 51.0 Å². The lowest BCUT2D eigenvalue weighted by molar-refractivity contribution is 0.0528. The molecule has 1 amide bonds. The van der Waals surface area contributed by atoms with Gasteiger partial charge in [-0.15, -0.1) is 0 Å². The van der Waals surface area contributed by atoms with Crippen LogP contribution < -0.4 is 16.2 Å². The number of rotatable bonds is 8. The van der Waals surface area contributed by atoms with Crippen molar-refractivity contribution in [1.29, 1.82) is 0 Å². The molecule has 0 radical (unpaired) electrons. The van der Waals surface area contributed by atoms with E-state index in [0.717, 1.165) is 5.56 Å². The number of carbonyl (C=O) groups is 1. The van der Waals surface area contributed by atoms with E-state index in [4.69, 9.17) is 21.3 Å². The Hall–Kier alpha value is -2.90. The van der Waals surface area contributed by atoms with Gasteiger partial charge in [0, 0.05) is 18.1 Å². The van der Waals surface area contributed by atoms with Gasteiger partial charge in [0.05, 0.1) is 23.5 Å². The number of alkyl carbamates (subject to hydrolysis) is 1. The maximum absolute atomic E-state index is 13.4. The second-order valence-corrected chi connectivity index (χ2v) is 9.29. The second-order valence-electron chi connectivity index (χ2n) is 8.85. The molecule has 1 aromatic heterocycles.